The molecule has 0 radical (unpaired) electrons. The number of nitrogens with zero attached hydrogens (tertiary/aromatic N) is 1. The Labute approximate surface area is 96.8 Å². The number of ketones is 1. The average Bonchev–Trinajstić information content (AvgIpc) is 2.15. The van der Waals surface area contributed by atoms with E-state index in [1.165, 1.54) is 6.92 Å². The van der Waals surface area contributed by atoms with E-state index in [2.05, 4.69) is 10.3 Å². The van der Waals surface area contributed by atoms with Crippen LogP contribution in [0.5, 0.6) is 0 Å². The second kappa shape index (κ2) is 6.20. The van der Waals surface area contributed by atoms with Gasteiger partial charge in [-0.25, -0.2) is 4.99 Å². The lowest BCUT2D eigenvalue weighted by atomic mass is 10.2. The summed E-state index contributed by atoms with van der Waals surface area (Å²) in [5.41, 5.74) is 1.24. The molecule has 0 aromatic heterocycles. The zero-order valence-electron chi connectivity index (χ0n) is 10.8. The van der Waals surface area contributed by atoms with E-state index in [9.17, 15) is 9.59 Å². The molecular formula is C12H20N2O2. The highest BCUT2D eigenvalue weighted by molar-refractivity contribution is 5.99. The van der Waals surface area contributed by atoms with E-state index < -0.39 is 0 Å². The maximum absolute atomic E-state index is 11.4. The lowest BCUT2D eigenvalue weighted by molar-refractivity contribution is -0.122. The Morgan fingerprint density at radius 2 is 1.56 bits per heavy atom. The van der Waals surface area contributed by atoms with Gasteiger partial charge in [0.25, 0.3) is 0 Å². The summed E-state index contributed by atoms with van der Waals surface area (Å²) in [6, 6.07) is 0. The number of amidine groups is 1. The molecule has 0 atom stereocenters. The first-order valence-corrected chi connectivity index (χ1v) is 5.30. The topological polar surface area (TPSA) is 58.5 Å². The van der Waals surface area contributed by atoms with Gasteiger partial charge in [0, 0.05) is 17.2 Å². The molecule has 0 saturated heterocycles. The molecule has 1 N–H and O–H groups in total. The molecule has 0 aliphatic rings. The van der Waals surface area contributed by atoms with Gasteiger partial charge in [0.1, 0.15) is 5.84 Å². The van der Waals surface area contributed by atoms with Crippen LogP contribution in [0.1, 0.15) is 41.5 Å². The Bertz CT molecular complexity index is 352. The lowest BCUT2D eigenvalue weighted by Gasteiger charge is -2.07. The molecule has 0 aliphatic carbocycles. The van der Waals surface area contributed by atoms with Crippen molar-refractivity contribution in [1.82, 2.24) is 5.32 Å². The molecule has 0 aromatic rings. The average molecular weight is 224 g/mol. The van der Waals surface area contributed by atoms with Crippen LogP contribution in [0.3, 0.4) is 0 Å². The van der Waals surface area contributed by atoms with E-state index in [1.807, 2.05) is 13.8 Å². The van der Waals surface area contributed by atoms with Crippen LogP contribution >= 0.6 is 0 Å². The number of carbonyl (C=O) groups is 2. The van der Waals surface area contributed by atoms with Crippen molar-refractivity contribution in [2.45, 2.75) is 41.5 Å². The molecule has 0 aliphatic heterocycles. The zero-order valence-corrected chi connectivity index (χ0v) is 10.8. The Morgan fingerprint density at radius 3 is 1.94 bits per heavy atom. The Balaban J connectivity index is 4.74. The highest BCUT2D eigenvalue weighted by Gasteiger charge is 2.07. The van der Waals surface area contributed by atoms with Gasteiger partial charge in [-0.05, 0) is 27.7 Å². The van der Waals surface area contributed by atoms with E-state index in [1.54, 1.807) is 20.8 Å². The third kappa shape index (κ3) is 4.87. The van der Waals surface area contributed by atoms with Crippen molar-refractivity contribution in [2.24, 2.45) is 10.9 Å². The number of amides is 1. The van der Waals surface area contributed by atoms with Crippen LogP contribution < -0.4 is 5.32 Å². The van der Waals surface area contributed by atoms with Crippen LogP contribution in [0.15, 0.2) is 16.3 Å². The molecule has 0 rings (SSSR count). The third-order valence-corrected chi connectivity index (χ3v) is 2.23. The maximum atomic E-state index is 11.4. The minimum absolute atomic E-state index is 0.00997. The van der Waals surface area contributed by atoms with Gasteiger partial charge in [-0.1, -0.05) is 13.8 Å². The minimum Gasteiger partial charge on any atom is -0.314 e. The number of rotatable bonds is 3. The first kappa shape index (κ1) is 14.6. The summed E-state index contributed by atoms with van der Waals surface area (Å²) in [6.45, 7) is 10.3. The molecule has 4 nitrogen and oxygen atoms in total. The van der Waals surface area contributed by atoms with Crippen molar-refractivity contribution in [3.63, 3.8) is 0 Å². The van der Waals surface area contributed by atoms with Gasteiger partial charge in [0.2, 0.25) is 5.91 Å². The van der Waals surface area contributed by atoms with E-state index in [-0.39, 0.29) is 17.6 Å². The molecule has 0 bridgehead atoms. The molecule has 90 valence electrons. The lowest BCUT2D eigenvalue weighted by Crippen LogP contribution is -2.31. The van der Waals surface area contributed by atoms with Crippen molar-refractivity contribution in [3.05, 3.63) is 11.3 Å². The molecule has 0 spiro atoms. The van der Waals surface area contributed by atoms with Crippen LogP contribution in [0.25, 0.3) is 0 Å². The summed E-state index contributed by atoms with van der Waals surface area (Å²) in [7, 11) is 0. The van der Waals surface area contributed by atoms with Gasteiger partial charge in [-0.2, -0.15) is 0 Å². The van der Waals surface area contributed by atoms with Crippen LogP contribution in [-0.4, -0.2) is 17.5 Å². The van der Waals surface area contributed by atoms with Gasteiger partial charge in [0.15, 0.2) is 5.78 Å². The highest BCUT2D eigenvalue weighted by atomic mass is 16.2. The van der Waals surface area contributed by atoms with Gasteiger partial charge in [-0.15, -0.1) is 0 Å². The Morgan fingerprint density at radius 1 is 1.06 bits per heavy atom. The molecule has 16 heavy (non-hydrogen) atoms. The SMILES string of the molecule is CC(=O)/C(C)=C(C)\N=C(/C)NC(=O)C(C)C. The fourth-order valence-corrected chi connectivity index (χ4v) is 0.941. The van der Waals surface area contributed by atoms with Crippen molar-refractivity contribution < 1.29 is 9.59 Å². The Kier molecular flexibility index (Phi) is 5.64. The monoisotopic (exact) mass is 224 g/mol. The smallest absolute Gasteiger partial charge is 0.227 e. The van der Waals surface area contributed by atoms with E-state index >= 15 is 0 Å². The number of aliphatic imine (C=N–C) groups is 1. The van der Waals surface area contributed by atoms with Crippen molar-refractivity contribution >= 4 is 17.5 Å². The predicted molar refractivity (Wildman–Crippen MR) is 65.1 cm³/mol. The minimum atomic E-state index is -0.0802. The largest absolute Gasteiger partial charge is 0.314 e. The molecular weight excluding hydrogens is 204 g/mol. The van der Waals surface area contributed by atoms with E-state index in [4.69, 9.17) is 0 Å². The summed E-state index contributed by atoms with van der Waals surface area (Å²) < 4.78 is 0. The summed E-state index contributed by atoms with van der Waals surface area (Å²) >= 11 is 0. The number of hydrogen-bond acceptors (Lipinski definition) is 3. The summed E-state index contributed by atoms with van der Waals surface area (Å²) in [4.78, 5) is 26.6. The summed E-state index contributed by atoms with van der Waals surface area (Å²) in [5.74, 6) is 0.346. The zero-order chi connectivity index (χ0) is 12.9. The second-order valence-electron chi connectivity index (χ2n) is 4.11. The number of Topliss-reactive ketones (excluding diaryl/α,β-unsaturated/α-hetero) is 1. The van der Waals surface area contributed by atoms with Crippen molar-refractivity contribution in [1.29, 1.82) is 0 Å². The number of carbonyl (C=O) groups excluding carboxylic acids is 2. The molecule has 0 saturated carbocycles. The fourth-order valence-electron chi connectivity index (χ4n) is 0.941. The first-order valence-electron chi connectivity index (χ1n) is 5.30. The van der Waals surface area contributed by atoms with Gasteiger partial charge in [0.05, 0.1) is 0 Å². The van der Waals surface area contributed by atoms with Gasteiger partial charge >= 0.3 is 0 Å². The highest BCUT2D eigenvalue weighted by Crippen LogP contribution is 2.05. The maximum Gasteiger partial charge on any atom is 0.227 e. The Hall–Kier alpha value is -1.45. The number of hydrogen-bond donors (Lipinski definition) is 1. The molecule has 0 heterocycles. The van der Waals surface area contributed by atoms with Crippen LogP contribution in [0.2, 0.25) is 0 Å². The van der Waals surface area contributed by atoms with Crippen LogP contribution in [-0.2, 0) is 9.59 Å². The van der Waals surface area contributed by atoms with Crippen LogP contribution in [0.4, 0.5) is 0 Å². The normalized spacial score (nSPS) is 13.6. The van der Waals surface area contributed by atoms with Crippen molar-refractivity contribution in [3.8, 4) is 0 Å². The third-order valence-electron chi connectivity index (χ3n) is 2.23. The van der Waals surface area contributed by atoms with Gasteiger partial charge in [-0.3, -0.25) is 9.59 Å². The van der Waals surface area contributed by atoms with E-state index in [0.717, 1.165) is 0 Å². The predicted octanol–water partition coefficient (Wildman–Crippen LogP) is 2.06. The standard InChI is InChI=1S/C12H20N2O2/c1-7(2)12(16)14-11(6)13-9(4)8(3)10(5)15/h7H,1-6H3,(H,13,14,16)/b9-8-. The quantitative estimate of drug-likeness (QED) is 0.453. The molecule has 4 heteroatoms. The van der Waals surface area contributed by atoms with E-state index in [0.29, 0.717) is 17.1 Å². The second-order valence-corrected chi connectivity index (χ2v) is 4.11. The van der Waals surface area contributed by atoms with Crippen molar-refractivity contribution in [2.75, 3.05) is 0 Å². The number of allylic oxidation sites excluding steroid dienone is 2. The molecule has 0 aromatic carbocycles. The number of nitrogens with one attached hydrogen (secondary N) is 1. The fraction of sp³-hybridized carbons (Fsp3) is 0.583. The molecule has 1 amide bonds. The summed E-state index contributed by atoms with van der Waals surface area (Å²) in [6.07, 6.45) is 0. The first-order chi connectivity index (χ1) is 7.25. The molecule has 0 unspecified atom stereocenters. The van der Waals surface area contributed by atoms with Gasteiger partial charge < -0.3 is 5.32 Å². The summed E-state index contributed by atoms with van der Waals surface area (Å²) in [5, 5.41) is 2.67. The molecule has 0 fully saturated rings. The van der Waals surface area contributed by atoms with Crippen LogP contribution in [0, 0.1) is 5.92 Å².